The monoisotopic (exact) mass is 292 g/mol. The Morgan fingerprint density at radius 3 is 2.76 bits per heavy atom. The van der Waals surface area contributed by atoms with Crippen LogP contribution in [0.5, 0.6) is 0 Å². The molecule has 4 atom stereocenters. The number of rotatable bonds is 3. The van der Waals surface area contributed by atoms with Crippen molar-refractivity contribution in [3.05, 3.63) is 0 Å². The average molecular weight is 292 g/mol. The number of carbonyl (C=O) groups excluding carboxylic acids is 1. The van der Waals surface area contributed by atoms with E-state index in [-0.39, 0.29) is 5.54 Å². The van der Waals surface area contributed by atoms with E-state index in [4.69, 9.17) is 0 Å². The van der Waals surface area contributed by atoms with Crippen molar-refractivity contribution in [3.63, 3.8) is 0 Å². The Labute approximate surface area is 129 Å². The molecule has 0 aromatic carbocycles. The van der Waals surface area contributed by atoms with Gasteiger partial charge in [-0.15, -0.1) is 0 Å². The Morgan fingerprint density at radius 1 is 1.24 bits per heavy atom. The van der Waals surface area contributed by atoms with Crippen LogP contribution in [0.3, 0.4) is 0 Å². The first-order chi connectivity index (χ1) is 10.2. The van der Waals surface area contributed by atoms with Crippen molar-refractivity contribution in [1.29, 1.82) is 0 Å². The second kappa shape index (κ2) is 6.28. The fourth-order valence-corrected chi connectivity index (χ4v) is 5.18. The lowest BCUT2D eigenvalue weighted by Crippen LogP contribution is -2.61. The molecule has 0 aromatic heterocycles. The minimum absolute atomic E-state index is 0.225. The van der Waals surface area contributed by atoms with Gasteiger partial charge >= 0.3 is 0 Å². The molecule has 3 fully saturated rings. The third-order valence-electron chi connectivity index (χ3n) is 6.33. The van der Waals surface area contributed by atoms with Crippen LogP contribution in [0, 0.1) is 11.8 Å². The average Bonchev–Trinajstić information content (AvgIpc) is 2.98. The van der Waals surface area contributed by atoms with E-state index in [1.54, 1.807) is 0 Å². The normalized spacial score (nSPS) is 40.1. The summed E-state index contributed by atoms with van der Waals surface area (Å²) in [5.41, 5.74) is -0.225. The zero-order valence-electron chi connectivity index (χ0n) is 13.9. The van der Waals surface area contributed by atoms with Crippen molar-refractivity contribution in [2.75, 3.05) is 13.1 Å². The highest BCUT2D eigenvalue weighted by atomic mass is 16.2. The number of fused-ring (bicyclic) bond motifs is 1. The first-order valence-electron chi connectivity index (χ1n) is 9.24. The first kappa shape index (κ1) is 15.3. The number of nitrogens with zero attached hydrogens (tertiary/aromatic N) is 1. The number of carbonyl (C=O) groups is 1. The summed E-state index contributed by atoms with van der Waals surface area (Å²) < 4.78 is 0. The van der Waals surface area contributed by atoms with Crippen molar-refractivity contribution in [1.82, 2.24) is 10.2 Å². The fraction of sp³-hybridized carbons (Fsp3) is 0.944. The van der Waals surface area contributed by atoms with E-state index in [2.05, 4.69) is 24.1 Å². The molecule has 2 saturated heterocycles. The Hall–Kier alpha value is -0.570. The summed E-state index contributed by atoms with van der Waals surface area (Å²) in [7, 11) is 0. The summed E-state index contributed by atoms with van der Waals surface area (Å²) in [4.78, 5) is 15.6. The molecule has 2 heterocycles. The number of nitrogens with one attached hydrogen (secondary N) is 1. The zero-order valence-corrected chi connectivity index (χ0v) is 13.9. The second-order valence-corrected chi connectivity index (χ2v) is 7.64. The van der Waals surface area contributed by atoms with E-state index in [1.165, 1.54) is 32.1 Å². The van der Waals surface area contributed by atoms with Crippen LogP contribution in [0.4, 0.5) is 0 Å². The minimum Gasteiger partial charge on any atom is -0.338 e. The molecule has 21 heavy (non-hydrogen) atoms. The lowest BCUT2D eigenvalue weighted by Gasteiger charge is -2.49. The predicted octanol–water partition coefficient (Wildman–Crippen LogP) is 3.34. The summed E-state index contributed by atoms with van der Waals surface area (Å²) in [6, 6.07) is 0.533. The second-order valence-electron chi connectivity index (χ2n) is 7.64. The summed E-state index contributed by atoms with van der Waals surface area (Å²) in [6.45, 7) is 6.62. The Balaban J connectivity index is 1.79. The highest BCUT2D eigenvalue weighted by Crippen LogP contribution is 2.40. The lowest BCUT2D eigenvalue weighted by molar-refractivity contribution is -0.146. The number of piperidine rings is 1. The highest BCUT2D eigenvalue weighted by molar-refractivity contribution is 5.87. The molecule has 120 valence electrons. The molecular weight excluding hydrogens is 260 g/mol. The van der Waals surface area contributed by atoms with E-state index < -0.39 is 0 Å². The summed E-state index contributed by atoms with van der Waals surface area (Å²) in [5, 5.41) is 3.58. The lowest BCUT2D eigenvalue weighted by atomic mass is 9.72. The highest BCUT2D eigenvalue weighted by Gasteiger charge is 2.47. The van der Waals surface area contributed by atoms with Crippen molar-refractivity contribution in [3.8, 4) is 0 Å². The van der Waals surface area contributed by atoms with Gasteiger partial charge in [0.2, 0.25) is 5.91 Å². The first-order valence-corrected chi connectivity index (χ1v) is 9.24. The van der Waals surface area contributed by atoms with E-state index in [1.807, 2.05) is 0 Å². The molecule has 3 heteroatoms. The van der Waals surface area contributed by atoms with Gasteiger partial charge in [-0.2, -0.15) is 0 Å². The maximum Gasteiger partial charge on any atom is 0.243 e. The molecule has 3 rings (SSSR count). The number of amides is 1. The van der Waals surface area contributed by atoms with Crippen LogP contribution in [-0.2, 0) is 4.79 Å². The van der Waals surface area contributed by atoms with Crippen LogP contribution in [0.2, 0.25) is 0 Å². The van der Waals surface area contributed by atoms with Crippen LogP contribution in [0.25, 0.3) is 0 Å². The molecule has 4 unspecified atom stereocenters. The fourth-order valence-electron chi connectivity index (χ4n) is 5.18. The van der Waals surface area contributed by atoms with Crippen LogP contribution in [-0.4, -0.2) is 35.5 Å². The molecule has 1 aliphatic carbocycles. The zero-order chi connectivity index (χ0) is 14.9. The standard InChI is InChI=1S/C18H32N2O/c1-3-10-18(11-6-12-19-18)17(21)20-13-9-14(2)15-7-4-5-8-16(15)20/h14-16,19H,3-13H2,1-2H3. The van der Waals surface area contributed by atoms with Gasteiger partial charge in [0.1, 0.15) is 0 Å². The number of likely N-dealkylation sites (tertiary alicyclic amines) is 1. The molecule has 0 spiro atoms. The molecule has 1 amide bonds. The van der Waals surface area contributed by atoms with E-state index in [0.29, 0.717) is 11.9 Å². The predicted molar refractivity (Wildman–Crippen MR) is 86.1 cm³/mol. The molecule has 2 aliphatic heterocycles. The van der Waals surface area contributed by atoms with E-state index in [0.717, 1.165) is 50.6 Å². The topological polar surface area (TPSA) is 32.3 Å². The number of hydrogen-bond donors (Lipinski definition) is 1. The largest absolute Gasteiger partial charge is 0.338 e. The van der Waals surface area contributed by atoms with Crippen LogP contribution in [0.1, 0.15) is 71.6 Å². The van der Waals surface area contributed by atoms with Gasteiger partial charge in [-0.1, -0.05) is 33.1 Å². The summed E-state index contributed by atoms with van der Waals surface area (Å²) in [6.07, 6.45) is 10.8. The van der Waals surface area contributed by atoms with Gasteiger partial charge in [0.15, 0.2) is 0 Å². The molecule has 0 radical (unpaired) electrons. The molecule has 3 aliphatic rings. The SMILES string of the molecule is CCCC1(C(=O)N2CCC(C)C3CCCCC32)CCCN1. The van der Waals surface area contributed by atoms with Gasteiger partial charge in [0.05, 0.1) is 5.54 Å². The van der Waals surface area contributed by atoms with E-state index in [9.17, 15) is 4.79 Å². The molecule has 0 bridgehead atoms. The van der Waals surface area contributed by atoms with Crippen molar-refractivity contribution in [2.24, 2.45) is 11.8 Å². The Morgan fingerprint density at radius 2 is 2.05 bits per heavy atom. The van der Waals surface area contributed by atoms with Crippen LogP contribution >= 0.6 is 0 Å². The minimum atomic E-state index is -0.225. The Bertz CT molecular complexity index is 375. The molecule has 1 saturated carbocycles. The maximum absolute atomic E-state index is 13.3. The van der Waals surface area contributed by atoms with Gasteiger partial charge in [0.25, 0.3) is 0 Å². The smallest absolute Gasteiger partial charge is 0.243 e. The van der Waals surface area contributed by atoms with Gasteiger partial charge in [-0.25, -0.2) is 0 Å². The number of hydrogen-bond acceptors (Lipinski definition) is 2. The Kier molecular flexibility index (Phi) is 4.58. The summed E-state index contributed by atoms with van der Waals surface area (Å²) >= 11 is 0. The van der Waals surface area contributed by atoms with Gasteiger partial charge in [-0.3, -0.25) is 4.79 Å². The molecule has 3 nitrogen and oxygen atoms in total. The third-order valence-corrected chi connectivity index (χ3v) is 6.33. The molecule has 1 N–H and O–H groups in total. The van der Waals surface area contributed by atoms with Crippen molar-refractivity contribution < 1.29 is 4.79 Å². The van der Waals surface area contributed by atoms with Crippen LogP contribution in [0.15, 0.2) is 0 Å². The maximum atomic E-state index is 13.3. The van der Waals surface area contributed by atoms with Crippen LogP contribution < -0.4 is 5.32 Å². The summed E-state index contributed by atoms with van der Waals surface area (Å²) in [5.74, 6) is 2.00. The van der Waals surface area contributed by atoms with Crippen molar-refractivity contribution >= 4 is 5.91 Å². The van der Waals surface area contributed by atoms with Gasteiger partial charge < -0.3 is 10.2 Å². The van der Waals surface area contributed by atoms with Gasteiger partial charge in [0, 0.05) is 12.6 Å². The third kappa shape index (κ3) is 2.74. The van der Waals surface area contributed by atoms with Gasteiger partial charge in [-0.05, 0) is 56.9 Å². The molecular formula is C18H32N2O. The molecule has 0 aromatic rings. The quantitative estimate of drug-likeness (QED) is 0.865. The van der Waals surface area contributed by atoms with Crippen molar-refractivity contribution in [2.45, 2.75) is 83.2 Å². The van der Waals surface area contributed by atoms with E-state index >= 15 is 0 Å².